The number of hydrogen-bond donors (Lipinski definition) is 1. The molecule has 0 aromatic carbocycles. The molecule has 3 atom stereocenters. The number of fused-ring (bicyclic) bond motifs is 1. The average molecular weight is 314 g/mol. The second kappa shape index (κ2) is 6.08. The summed E-state index contributed by atoms with van der Waals surface area (Å²) in [5.74, 6) is 0.955. The Bertz CT molecular complexity index is 558. The first kappa shape index (κ1) is 15.0. The van der Waals surface area contributed by atoms with Crippen molar-refractivity contribution < 1.29 is 17.6 Å². The van der Waals surface area contributed by atoms with Gasteiger partial charge in [0.2, 0.25) is 10.0 Å². The van der Waals surface area contributed by atoms with Gasteiger partial charge in [0.15, 0.2) is 0 Å². The maximum atomic E-state index is 11.2. The second-order valence-electron chi connectivity index (χ2n) is 6.07. The first-order valence-electron chi connectivity index (χ1n) is 7.31. The maximum Gasteiger partial charge on any atom is 0.208 e. The largest absolute Gasteiger partial charge is 0.472 e. The molecule has 3 heterocycles. The van der Waals surface area contributed by atoms with Crippen LogP contribution in [-0.4, -0.2) is 51.9 Å². The van der Waals surface area contributed by atoms with Crippen LogP contribution in [0.2, 0.25) is 0 Å². The van der Waals surface area contributed by atoms with Gasteiger partial charge < -0.3 is 9.15 Å². The van der Waals surface area contributed by atoms with Crippen LogP contribution in [0.1, 0.15) is 12.0 Å². The molecule has 0 bridgehead atoms. The molecule has 2 fully saturated rings. The first-order chi connectivity index (χ1) is 10.0. The Morgan fingerprint density at radius 3 is 3.05 bits per heavy atom. The standard InChI is InChI=1S/C14H22N2O4S/c1-21(17,18)15-6-14-13-2-4-16(8-12(13)10-20-14)7-11-3-5-19-9-11/h3,5,9,12-15H,2,4,6-8,10H2,1H3/t12-,13-,14-/m1/s1. The minimum atomic E-state index is -3.15. The average Bonchev–Trinajstić information content (AvgIpc) is 3.04. The van der Waals surface area contributed by atoms with Crippen LogP contribution in [0.15, 0.2) is 23.0 Å². The lowest BCUT2D eigenvalue weighted by molar-refractivity contribution is 0.0885. The van der Waals surface area contributed by atoms with E-state index in [1.165, 1.54) is 11.8 Å². The zero-order chi connectivity index (χ0) is 14.9. The predicted molar refractivity (Wildman–Crippen MR) is 78.2 cm³/mol. The number of nitrogens with zero attached hydrogens (tertiary/aromatic N) is 1. The fraction of sp³-hybridized carbons (Fsp3) is 0.714. The summed E-state index contributed by atoms with van der Waals surface area (Å²) >= 11 is 0. The molecule has 1 N–H and O–H groups in total. The Balaban J connectivity index is 1.52. The SMILES string of the molecule is CS(=O)(=O)NC[C@H]1OC[C@H]2CN(Cc3ccoc3)CC[C@H]21. The monoisotopic (exact) mass is 314 g/mol. The molecule has 2 aliphatic rings. The van der Waals surface area contributed by atoms with Crippen molar-refractivity contribution in [2.45, 2.75) is 19.1 Å². The van der Waals surface area contributed by atoms with Crippen LogP contribution in [0.3, 0.4) is 0 Å². The molecule has 0 aliphatic carbocycles. The number of sulfonamides is 1. The van der Waals surface area contributed by atoms with Gasteiger partial charge in [-0.05, 0) is 24.9 Å². The quantitative estimate of drug-likeness (QED) is 0.865. The minimum Gasteiger partial charge on any atom is -0.472 e. The lowest BCUT2D eigenvalue weighted by atomic mass is 9.84. The van der Waals surface area contributed by atoms with E-state index in [0.717, 1.165) is 32.7 Å². The predicted octanol–water partition coefficient (Wildman–Crippen LogP) is 0.666. The highest BCUT2D eigenvalue weighted by atomic mass is 32.2. The highest BCUT2D eigenvalue weighted by Crippen LogP contribution is 2.34. The van der Waals surface area contributed by atoms with Gasteiger partial charge in [-0.15, -0.1) is 0 Å². The lowest BCUT2D eigenvalue weighted by Crippen LogP contribution is -2.43. The summed E-state index contributed by atoms with van der Waals surface area (Å²) in [6.07, 6.45) is 5.75. The fourth-order valence-corrected chi connectivity index (χ4v) is 3.86. The molecule has 118 valence electrons. The summed E-state index contributed by atoms with van der Waals surface area (Å²) in [7, 11) is -3.15. The van der Waals surface area contributed by atoms with Crippen LogP contribution in [0, 0.1) is 11.8 Å². The van der Waals surface area contributed by atoms with E-state index < -0.39 is 10.0 Å². The molecular weight excluding hydrogens is 292 g/mol. The Hall–Kier alpha value is -0.890. The van der Waals surface area contributed by atoms with Crippen LogP contribution >= 0.6 is 0 Å². The van der Waals surface area contributed by atoms with Gasteiger partial charge in [0.05, 0.1) is 31.5 Å². The van der Waals surface area contributed by atoms with Crippen molar-refractivity contribution in [1.29, 1.82) is 0 Å². The van der Waals surface area contributed by atoms with Crippen molar-refractivity contribution >= 4 is 10.0 Å². The third kappa shape index (κ3) is 3.85. The molecule has 21 heavy (non-hydrogen) atoms. The van der Waals surface area contributed by atoms with E-state index in [2.05, 4.69) is 9.62 Å². The summed E-state index contributed by atoms with van der Waals surface area (Å²) in [6.45, 7) is 4.05. The summed E-state index contributed by atoms with van der Waals surface area (Å²) in [4.78, 5) is 2.42. The Morgan fingerprint density at radius 1 is 1.48 bits per heavy atom. The van der Waals surface area contributed by atoms with Crippen LogP contribution in [0.5, 0.6) is 0 Å². The van der Waals surface area contributed by atoms with E-state index in [1.54, 1.807) is 12.5 Å². The number of likely N-dealkylation sites (tertiary alicyclic amines) is 1. The third-order valence-electron chi connectivity index (χ3n) is 4.41. The van der Waals surface area contributed by atoms with Crippen molar-refractivity contribution in [3.63, 3.8) is 0 Å². The number of furan rings is 1. The van der Waals surface area contributed by atoms with Crippen LogP contribution in [0.4, 0.5) is 0 Å². The van der Waals surface area contributed by atoms with Gasteiger partial charge in [0, 0.05) is 31.1 Å². The normalized spacial score (nSPS) is 30.4. The van der Waals surface area contributed by atoms with Crippen LogP contribution < -0.4 is 4.72 Å². The lowest BCUT2D eigenvalue weighted by Gasteiger charge is -2.35. The van der Waals surface area contributed by atoms with E-state index in [4.69, 9.17) is 9.15 Å². The van der Waals surface area contributed by atoms with Gasteiger partial charge in [-0.2, -0.15) is 0 Å². The van der Waals surface area contributed by atoms with Crippen molar-refractivity contribution in [2.24, 2.45) is 11.8 Å². The van der Waals surface area contributed by atoms with E-state index in [0.29, 0.717) is 18.4 Å². The number of hydrogen-bond acceptors (Lipinski definition) is 5. The number of piperidine rings is 1. The minimum absolute atomic E-state index is 0.0146. The zero-order valence-electron chi connectivity index (χ0n) is 12.2. The molecule has 1 aromatic rings. The smallest absolute Gasteiger partial charge is 0.208 e. The third-order valence-corrected chi connectivity index (χ3v) is 5.10. The van der Waals surface area contributed by atoms with Crippen molar-refractivity contribution in [2.75, 3.05) is 32.5 Å². The molecule has 2 saturated heterocycles. The van der Waals surface area contributed by atoms with Crippen molar-refractivity contribution in [3.05, 3.63) is 24.2 Å². The number of ether oxygens (including phenoxy) is 1. The maximum absolute atomic E-state index is 11.2. The molecular formula is C14H22N2O4S. The summed E-state index contributed by atoms with van der Waals surface area (Å²) in [6, 6.07) is 2.00. The van der Waals surface area contributed by atoms with Crippen molar-refractivity contribution in [3.8, 4) is 0 Å². The molecule has 2 aliphatic heterocycles. The van der Waals surface area contributed by atoms with Gasteiger partial charge in [0.25, 0.3) is 0 Å². The molecule has 0 saturated carbocycles. The van der Waals surface area contributed by atoms with Gasteiger partial charge >= 0.3 is 0 Å². The summed E-state index contributed by atoms with van der Waals surface area (Å²) in [5, 5.41) is 0. The van der Waals surface area contributed by atoms with Crippen molar-refractivity contribution in [1.82, 2.24) is 9.62 Å². The summed E-state index contributed by atoms with van der Waals surface area (Å²) in [5.41, 5.74) is 1.20. The van der Waals surface area contributed by atoms with Crippen LogP contribution in [-0.2, 0) is 21.3 Å². The van der Waals surface area contributed by atoms with E-state index in [9.17, 15) is 8.42 Å². The molecule has 0 amide bonds. The first-order valence-corrected chi connectivity index (χ1v) is 9.20. The van der Waals surface area contributed by atoms with Crippen LogP contribution in [0.25, 0.3) is 0 Å². The molecule has 0 radical (unpaired) electrons. The molecule has 0 spiro atoms. The number of nitrogens with one attached hydrogen (secondary N) is 1. The highest BCUT2D eigenvalue weighted by Gasteiger charge is 2.40. The van der Waals surface area contributed by atoms with Gasteiger partial charge in [-0.3, -0.25) is 4.90 Å². The number of rotatable bonds is 5. The molecule has 7 heteroatoms. The Labute approximate surface area is 125 Å². The topological polar surface area (TPSA) is 71.8 Å². The highest BCUT2D eigenvalue weighted by molar-refractivity contribution is 7.88. The summed E-state index contributed by atoms with van der Waals surface area (Å²) < 4.78 is 35.9. The van der Waals surface area contributed by atoms with E-state index in [1.807, 2.05) is 6.07 Å². The zero-order valence-corrected chi connectivity index (χ0v) is 13.0. The molecule has 0 unspecified atom stereocenters. The second-order valence-corrected chi connectivity index (χ2v) is 7.90. The fourth-order valence-electron chi connectivity index (χ4n) is 3.39. The Morgan fingerprint density at radius 2 is 2.33 bits per heavy atom. The molecule has 6 nitrogen and oxygen atoms in total. The van der Waals surface area contributed by atoms with Gasteiger partial charge in [-0.1, -0.05) is 0 Å². The molecule has 1 aromatic heterocycles. The van der Waals surface area contributed by atoms with Gasteiger partial charge in [0.1, 0.15) is 0 Å². The van der Waals surface area contributed by atoms with E-state index in [-0.39, 0.29) is 6.10 Å². The molecule has 3 rings (SSSR count). The Kier molecular flexibility index (Phi) is 4.35. The van der Waals surface area contributed by atoms with E-state index >= 15 is 0 Å². The van der Waals surface area contributed by atoms with Gasteiger partial charge in [-0.25, -0.2) is 13.1 Å².